The molecule has 1 aromatic carbocycles. The first-order valence-electron chi connectivity index (χ1n) is 5.58. The van der Waals surface area contributed by atoms with Crippen LogP contribution in [0.5, 0.6) is 11.5 Å². The largest absolute Gasteiger partial charge is 1.00 e. The van der Waals surface area contributed by atoms with Crippen molar-refractivity contribution in [3.8, 4) is 11.5 Å². The number of aromatic hydroxyl groups is 1. The summed E-state index contributed by atoms with van der Waals surface area (Å²) in [7, 11) is 0. The van der Waals surface area contributed by atoms with Crippen molar-refractivity contribution in [1.82, 2.24) is 0 Å². The van der Waals surface area contributed by atoms with Gasteiger partial charge >= 0.3 is 29.6 Å². The molecule has 1 N–H and O–H groups in total. The van der Waals surface area contributed by atoms with Gasteiger partial charge in [0.25, 0.3) is 0 Å². The quantitative estimate of drug-likeness (QED) is 0.656. The zero-order chi connectivity index (χ0) is 12.7. The van der Waals surface area contributed by atoms with Crippen molar-refractivity contribution in [2.45, 2.75) is 52.4 Å². The number of hydrogen-bond acceptors (Lipinski definition) is 2. The summed E-state index contributed by atoms with van der Waals surface area (Å²) in [4.78, 5) is 0. The molecule has 0 aliphatic rings. The van der Waals surface area contributed by atoms with Crippen LogP contribution in [0.15, 0.2) is 12.1 Å². The summed E-state index contributed by atoms with van der Waals surface area (Å²) >= 11 is 0. The minimum absolute atomic E-state index is 0. The van der Waals surface area contributed by atoms with Gasteiger partial charge in [0.15, 0.2) is 0 Å². The van der Waals surface area contributed by atoms with Gasteiger partial charge in [-0.2, -0.15) is 0 Å². The van der Waals surface area contributed by atoms with Crippen LogP contribution in [0.4, 0.5) is 0 Å². The molecule has 0 aliphatic carbocycles. The molecule has 3 heteroatoms. The number of hydrogen-bond donors (Lipinski definition) is 1. The van der Waals surface area contributed by atoms with E-state index in [0.29, 0.717) is 11.1 Å². The van der Waals surface area contributed by atoms with Gasteiger partial charge in [0.2, 0.25) is 0 Å². The van der Waals surface area contributed by atoms with Crippen molar-refractivity contribution in [1.29, 1.82) is 0 Å². The predicted molar refractivity (Wildman–Crippen MR) is 65.0 cm³/mol. The Labute approximate surface area is 126 Å². The molecule has 90 valence electrons. The van der Waals surface area contributed by atoms with Crippen LogP contribution in [0.25, 0.3) is 0 Å². The van der Waals surface area contributed by atoms with Gasteiger partial charge in [-0.1, -0.05) is 47.6 Å². The average molecular weight is 244 g/mol. The molecular weight excluding hydrogens is 223 g/mol. The second kappa shape index (κ2) is 5.21. The van der Waals surface area contributed by atoms with E-state index in [1.54, 1.807) is 12.1 Å². The van der Waals surface area contributed by atoms with Crippen LogP contribution >= 0.6 is 0 Å². The van der Waals surface area contributed by atoms with Gasteiger partial charge in [-0.05, 0) is 28.0 Å². The number of phenolic OH excluding ortho intramolecular Hbond substituents is 1. The smallest absolute Gasteiger partial charge is 0.872 e. The Balaban J connectivity index is 0.00000256. The van der Waals surface area contributed by atoms with Gasteiger partial charge in [0, 0.05) is 0 Å². The number of phenols is 1. The maximum Gasteiger partial charge on any atom is 1.00 e. The molecule has 0 spiro atoms. The third-order valence-electron chi connectivity index (χ3n) is 2.71. The number of benzene rings is 1. The Bertz CT molecular complexity index is 358. The zero-order valence-electron chi connectivity index (χ0n) is 12.0. The normalized spacial score (nSPS) is 12.1. The molecule has 0 aromatic heterocycles. The Kier molecular flexibility index (Phi) is 5.16. The maximum atomic E-state index is 12.0. The Morgan fingerprint density at radius 3 is 1.65 bits per heavy atom. The first-order valence-corrected chi connectivity index (χ1v) is 5.58. The maximum absolute atomic E-state index is 12.0. The van der Waals surface area contributed by atoms with Crippen LogP contribution in [0.1, 0.15) is 52.7 Å². The first-order chi connectivity index (χ1) is 7.03. The van der Waals surface area contributed by atoms with Crippen molar-refractivity contribution in [2.75, 3.05) is 0 Å². The first kappa shape index (κ1) is 16.8. The molecule has 1 rings (SSSR count). The summed E-state index contributed by atoms with van der Waals surface area (Å²) in [6, 6.07) is 3.18. The molecule has 0 fully saturated rings. The summed E-state index contributed by atoms with van der Waals surface area (Å²) in [5.74, 6) is 0.229. The van der Waals surface area contributed by atoms with Gasteiger partial charge in [-0.15, -0.1) is 5.75 Å². The van der Waals surface area contributed by atoms with Crippen molar-refractivity contribution < 1.29 is 39.8 Å². The van der Waals surface area contributed by atoms with Gasteiger partial charge in [-0.3, -0.25) is 0 Å². The van der Waals surface area contributed by atoms with Gasteiger partial charge in [-0.25, -0.2) is 0 Å². The predicted octanol–water partition coefficient (Wildman–Crippen LogP) is 0.0648. The fourth-order valence-corrected chi connectivity index (χ4v) is 1.76. The second-order valence-electron chi connectivity index (χ2n) is 6.37. The van der Waals surface area contributed by atoms with E-state index >= 15 is 0 Å². The summed E-state index contributed by atoms with van der Waals surface area (Å²) in [5.41, 5.74) is 0.938. The van der Waals surface area contributed by atoms with Gasteiger partial charge in [0.1, 0.15) is 5.75 Å². The van der Waals surface area contributed by atoms with Crippen molar-refractivity contribution in [3.05, 3.63) is 23.3 Å². The second-order valence-corrected chi connectivity index (χ2v) is 6.37. The van der Waals surface area contributed by atoms with E-state index in [1.165, 1.54) is 0 Å². The molecule has 0 unspecified atom stereocenters. The minimum Gasteiger partial charge on any atom is -0.872 e. The number of rotatable bonds is 0. The molecule has 1 aromatic rings. The molecule has 2 nitrogen and oxygen atoms in total. The van der Waals surface area contributed by atoms with Crippen LogP contribution < -0.4 is 34.7 Å². The SMILES string of the molecule is CC(C)(C)c1cc(O)c(C(C)(C)C)cc1[O-].[Na+]. The topological polar surface area (TPSA) is 43.3 Å². The molecule has 0 saturated carbocycles. The Hall–Kier alpha value is -0.180. The van der Waals surface area contributed by atoms with E-state index in [-0.39, 0.29) is 51.9 Å². The minimum atomic E-state index is -0.231. The van der Waals surface area contributed by atoms with Crippen molar-refractivity contribution in [2.24, 2.45) is 0 Å². The standard InChI is InChI=1S/C14H22O2.Na/c1-13(2,3)9-7-12(16)10(8-11(9)15)14(4,5)6;/h7-8,15-16H,1-6H3;/q;+1/p-1. The fourth-order valence-electron chi connectivity index (χ4n) is 1.76. The van der Waals surface area contributed by atoms with E-state index in [1.807, 2.05) is 41.5 Å². The Morgan fingerprint density at radius 2 is 1.29 bits per heavy atom. The average Bonchev–Trinajstić information content (AvgIpc) is 2.04. The van der Waals surface area contributed by atoms with Crippen molar-refractivity contribution >= 4 is 0 Å². The summed E-state index contributed by atoms with van der Waals surface area (Å²) < 4.78 is 0. The molecule has 0 amide bonds. The Morgan fingerprint density at radius 1 is 0.882 bits per heavy atom. The van der Waals surface area contributed by atoms with Crippen LogP contribution in [0.3, 0.4) is 0 Å². The third-order valence-corrected chi connectivity index (χ3v) is 2.71. The molecule has 0 aliphatic heterocycles. The monoisotopic (exact) mass is 244 g/mol. The summed E-state index contributed by atoms with van der Waals surface area (Å²) in [6.07, 6.45) is 0. The molecule has 0 bridgehead atoms. The van der Waals surface area contributed by atoms with Gasteiger partial charge < -0.3 is 10.2 Å². The van der Waals surface area contributed by atoms with E-state index in [0.717, 1.165) is 0 Å². The van der Waals surface area contributed by atoms with Crippen LogP contribution in [-0.2, 0) is 10.8 Å². The summed E-state index contributed by atoms with van der Waals surface area (Å²) in [6.45, 7) is 11.9. The zero-order valence-corrected chi connectivity index (χ0v) is 14.0. The molecule has 0 atom stereocenters. The van der Waals surface area contributed by atoms with Crippen molar-refractivity contribution in [3.63, 3.8) is 0 Å². The molecule has 0 heterocycles. The molecular formula is C14H21NaO2. The third kappa shape index (κ3) is 3.90. The van der Waals surface area contributed by atoms with E-state index in [2.05, 4.69) is 0 Å². The van der Waals surface area contributed by atoms with Gasteiger partial charge in [0.05, 0.1) is 0 Å². The molecule has 0 radical (unpaired) electrons. The van der Waals surface area contributed by atoms with E-state index < -0.39 is 0 Å². The fraction of sp³-hybridized carbons (Fsp3) is 0.571. The van der Waals surface area contributed by atoms with Crippen LogP contribution in [-0.4, -0.2) is 5.11 Å². The van der Waals surface area contributed by atoms with Crippen LogP contribution in [0.2, 0.25) is 0 Å². The van der Waals surface area contributed by atoms with Crippen LogP contribution in [0, 0.1) is 0 Å². The molecule has 0 saturated heterocycles. The molecule has 17 heavy (non-hydrogen) atoms. The summed E-state index contributed by atoms with van der Waals surface area (Å²) in [5, 5.41) is 22.0. The van der Waals surface area contributed by atoms with E-state index in [4.69, 9.17) is 0 Å². The van der Waals surface area contributed by atoms with E-state index in [9.17, 15) is 10.2 Å².